The summed E-state index contributed by atoms with van der Waals surface area (Å²) in [5, 5.41) is 10.4. The van der Waals surface area contributed by atoms with Gasteiger partial charge in [-0.1, -0.05) is 0 Å². The second-order valence-corrected chi connectivity index (χ2v) is 3.84. The first kappa shape index (κ1) is 12.8. The first-order valence-corrected chi connectivity index (χ1v) is 4.75. The Morgan fingerprint density at radius 1 is 1.44 bits per heavy atom. The number of rotatable bonds is 3. The third-order valence-corrected chi connectivity index (χ3v) is 2.20. The van der Waals surface area contributed by atoms with Gasteiger partial charge in [0.25, 0.3) is 5.43 Å². The van der Waals surface area contributed by atoms with E-state index in [1.807, 2.05) is 0 Å². The lowest BCUT2D eigenvalue weighted by molar-refractivity contribution is -0.386. The van der Waals surface area contributed by atoms with Crippen LogP contribution >= 0.6 is 15.9 Å². The molecule has 5 nitrogen and oxygen atoms in total. The summed E-state index contributed by atoms with van der Waals surface area (Å²) in [4.78, 5) is 20.5. The fraction of sp³-hybridized carbons (Fsp3) is 0.167. The Balaban J connectivity index is 3.25. The van der Waals surface area contributed by atoms with Gasteiger partial charge in [0.15, 0.2) is 0 Å². The number of hydrogen-bond acceptors (Lipinski definition) is 3. The zero-order chi connectivity index (χ0) is 12.5. The molecule has 0 saturated carbocycles. The van der Waals surface area contributed by atoms with Crippen LogP contribution in [0.4, 0.5) is 18.6 Å². The van der Waals surface area contributed by atoms with Crippen molar-refractivity contribution in [1.29, 1.82) is 0 Å². The number of hydrogen-bond donors (Lipinski definition) is 0. The number of pyridine rings is 1. The molecule has 10 heteroatoms. The molecule has 1 rings (SSSR count). The van der Waals surface area contributed by atoms with Gasteiger partial charge in [-0.15, -0.1) is 0 Å². The molecule has 16 heavy (non-hydrogen) atoms. The normalized spacial score (nSPS) is 11.5. The third kappa shape index (κ3) is 3.09. The maximum absolute atomic E-state index is 12.1. The molecule has 1 aromatic rings. The minimum Gasteiger partial charge on any atom is -0.448 e. The molecule has 0 unspecified atom stereocenters. The maximum Gasteiger partial charge on any atom is 0.497 e. The van der Waals surface area contributed by atoms with E-state index < -0.39 is 29.5 Å². The summed E-state index contributed by atoms with van der Waals surface area (Å²) < 4.78 is 36.5. The predicted molar refractivity (Wildman–Crippen MR) is 54.1 cm³/mol. The summed E-state index contributed by atoms with van der Waals surface area (Å²) in [5.74, 6) is 0. The molecule has 0 aliphatic carbocycles. The molecule has 88 valence electrons. The van der Waals surface area contributed by atoms with Crippen LogP contribution in [0.5, 0.6) is 0 Å². The molecule has 1 heterocycles. The Bertz CT molecular complexity index is 487. The SMILES string of the molecule is O=c1c(Br)cn(C[B-](F)(F)F)cc1[N+](=O)[O-]. The van der Waals surface area contributed by atoms with E-state index in [1.54, 1.807) is 0 Å². The second-order valence-electron chi connectivity index (χ2n) is 2.98. The minimum absolute atomic E-state index is 0.276. The second kappa shape index (κ2) is 4.28. The molecule has 0 aliphatic heterocycles. The van der Waals surface area contributed by atoms with Gasteiger partial charge < -0.3 is 17.5 Å². The van der Waals surface area contributed by atoms with E-state index in [0.717, 1.165) is 6.20 Å². The van der Waals surface area contributed by atoms with E-state index >= 15 is 0 Å². The number of nitrogens with zero attached hydrogens (tertiary/aromatic N) is 2. The molecular weight excluding hydrogens is 296 g/mol. The summed E-state index contributed by atoms with van der Waals surface area (Å²) in [6.07, 6.45) is 0.104. The zero-order valence-corrected chi connectivity index (χ0v) is 9.16. The van der Waals surface area contributed by atoms with E-state index in [1.165, 1.54) is 0 Å². The first-order valence-electron chi connectivity index (χ1n) is 3.95. The van der Waals surface area contributed by atoms with Crippen molar-refractivity contribution < 1.29 is 17.9 Å². The molecule has 0 aliphatic rings. The molecule has 0 bridgehead atoms. The Kier molecular flexibility index (Phi) is 3.41. The molecule has 0 aromatic carbocycles. The summed E-state index contributed by atoms with van der Waals surface area (Å²) in [6.45, 7) is -5.13. The Hall–Kier alpha value is -1.32. The van der Waals surface area contributed by atoms with Gasteiger partial charge in [0, 0.05) is 6.20 Å². The van der Waals surface area contributed by atoms with Crippen LogP contribution in [0.3, 0.4) is 0 Å². The van der Waals surface area contributed by atoms with Crippen molar-refractivity contribution in [3.63, 3.8) is 0 Å². The molecule has 0 amide bonds. The zero-order valence-electron chi connectivity index (χ0n) is 7.57. The van der Waals surface area contributed by atoms with Gasteiger partial charge >= 0.3 is 12.7 Å². The van der Waals surface area contributed by atoms with Gasteiger partial charge in [0.1, 0.15) is 0 Å². The van der Waals surface area contributed by atoms with Crippen molar-refractivity contribution in [2.45, 2.75) is 6.44 Å². The monoisotopic (exact) mass is 299 g/mol. The molecule has 0 N–H and O–H groups in total. The van der Waals surface area contributed by atoms with Gasteiger partial charge in [-0.05, 0) is 22.4 Å². The first-order chi connectivity index (χ1) is 7.20. The molecule has 0 fully saturated rings. The molecule has 1 aromatic heterocycles. The highest BCUT2D eigenvalue weighted by Gasteiger charge is 2.25. The summed E-state index contributed by atoms with van der Waals surface area (Å²) in [6, 6.07) is 0. The van der Waals surface area contributed by atoms with Gasteiger partial charge in [-0.3, -0.25) is 14.9 Å². The molecule has 0 saturated heterocycles. The van der Waals surface area contributed by atoms with Crippen LogP contribution in [-0.2, 0) is 6.44 Å². The Morgan fingerprint density at radius 2 is 2.00 bits per heavy atom. The standard InChI is InChI=1S/C6H4BBrF3N2O3/c8-4-1-12(3-7(9,10)11)2-5(6(4)14)13(15)16/h1-2H,3H2/q-1. The number of halogens is 4. The highest BCUT2D eigenvalue weighted by molar-refractivity contribution is 9.10. The molecular formula is C6H4BBrF3N2O3-. The van der Waals surface area contributed by atoms with E-state index in [0.29, 0.717) is 10.8 Å². The molecule has 0 radical (unpaired) electrons. The lowest BCUT2D eigenvalue weighted by Gasteiger charge is -2.15. The van der Waals surface area contributed by atoms with Crippen molar-refractivity contribution in [2.24, 2.45) is 0 Å². The van der Waals surface area contributed by atoms with E-state index in [4.69, 9.17) is 0 Å². The molecule has 0 spiro atoms. The number of nitro groups is 1. The van der Waals surface area contributed by atoms with Crippen LogP contribution in [0.2, 0.25) is 0 Å². The van der Waals surface area contributed by atoms with Crippen LogP contribution in [0.1, 0.15) is 0 Å². The van der Waals surface area contributed by atoms with E-state index in [2.05, 4.69) is 15.9 Å². The minimum atomic E-state index is -5.13. The summed E-state index contributed by atoms with van der Waals surface area (Å²) >= 11 is 2.67. The van der Waals surface area contributed by atoms with E-state index in [-0.39, 0.29) is 4.47 Å². The lowest BCUT2D eigenvalue weighted by Crippen LogP contribution is -2.25. The van der Waals surface area contributed by atoms with Gasteiger partial charge in [0.05, 0.1) is 15.6 Å². The van der Waals surface area contributed by atoms with Gasteiger partial charge in [0.2, 0.25) is 0 Å². The van der Waals surface area contributed by atoms with Crippen molar-refractivity contribution in [3.05, 3.63) is 37.2 Å². The lowest BCUT2D eigenvalue weighted by atomic mass is 9.92. The van der Waals surface area contributed by atoms with Crippen molar-refractivity contribution in [3.8, 4) is 0 Å². The Labute approximate surface area is 95.2 Å². The van der Waals surface area contributed by atoms with Crippen LogP contribution < -0.4 is 5.43 Å². The third-order valence-electron chi connectivity index (χ3n) is 1.63. The highest BCUT2D eigenvalue weighted by Crippen LogP contribution is 2.15. The Morgan fingerprint density at radius 3 is 2.44 bits per heavy atom. The van der Waals surface area contributed by atoms with E-state index in [9.17, 15) is 27.9 Å². The molecule has 0 atom stereocenters. The van der Waals surface area contributed by atoms with Crippen LogP contribution in [0.15, 0.2) is 21.7 Å². The van der Waals surface area contributed by atoms with Crippen LogP contribution in [0, 0.1) is 10.1 Å². The fourth-order valence-corrected chi connectivity index (χ4v) is 1.52. The fourth-order valence-electron chi connectivity index (χ4n) is 1.05. The summed E-state index contributed by atoms with van der Waals surface area (Å²) in [7, 11) is 0. The quantitative estimate of drug-likeness (QED) is 0.486. The van der Waals surface area contributed by atoms with Crippen molar-refractivity contribution >= 4 is 28.6 Å². The highest BCUT2D eigenvalue weighted by atomic mass is 79.9. The average molecular weight is 300 g/mol. The van der Waals surface area contributed by atoms with Crippen LogP contribution in [-0.4, -0.2) is 16.5 Å². The average Bonchev–Trinajstić information content (AvgIpc) is 2.07. The summed E-state index contributed by atoms with van der Waals surface area (Å²) in [5.41, 5.74) is -1.84. The van der Waals surface area contributed by atoms with Crippen LogP contribution in [0.25, 0.3) is 0 Å². The number of aromatic nitrogens is 1. The van der Waals surface area contributed by atoms with Crippen molar-refractivity contribution in [2.75, 3.05) is 0 Å². The van der Waals surface area contributed by atoms with Gasteiger partial charge in [-0.2, -0.15) is 0 Å². The smallest absolute Gasteiger partial charge is 0.448 e. The maximum atomic E-state index is 12.1. The predicted octanol–water partition coefficient (Wildman–Crippen LogP) is 1.91. The largest absolute Gasteiger partial charge is 0.497 e. The van der Waals surface area contributed by atoms with Gasteiger partial charge in [-0.25, -0.2) is 0 Å². The van der Waals surface area contributed by atoms with Crippen molar-refractivity contribution in [1.82, 2.24) is 4.57 Å². The topological polar surface area (TPSA) is 65.1 Å².